The minimum atomic E-state index is -4.04. The van der Waals surface area contributed by atoms with E-state index in [1.807, 2.05) is 37.3 Å². The Hall–Kier alpha value is -3.34. The first-order valence-corrected chi connectivity index (χ1v) is 13.8. The van der Waals surface area contributed by atoms with Crippen LogP contribution in [0.25, 0.3) is 0 Å². The number of thioether (sulfide) groups is 1. The van der Waals surface area contributed by atoms with Crippen LogP contribution in [-0.4, -0.2) is 48.3 Å². The SMILES string of the molecule is Cc1ccc(S(=O)(=O)N[C@@H](CSCc2ccccc2)C(=O)N[C@H](Cc2ccc(O)cc2)C(=O)O)cc1. The maximum absolute atomic E-state index is 13.2. The van der Waals surface area contributed by atoms with Crippen LogP contribution >= 0.6 is 11.8 Å². The number of carboxylic acids is 1. The van der Waals surface area contributed by atoms with Crippen molar-refractivity contribution in [3.8, 4) is 5.75 Å². The summed E-state index contributed by atoms with van der Waals surface area (Å²) in [6.45, 7) is 1.83. The first kappa shape index (κ1) is 27.3. The standard InChI is InChI=1S/C26H28N2O6S2/c1-18-7-13-22(14-8-18)36(33,34)28-24(17-35-16-20-5-3-2-4-6-20)25(30)27-23(26(31)32)15-19-9-11-21(29)12-10-19/h2-14,23-24,28-29H,15-17H2,1H3,(H,27,30)(H,31,32)/t23-,24+/m1/s1. The van der Waals surface area contributed by atoms with Crippen LogP contribution in [0.1, 0.15) is 16.7 Å². The Labute approximate surface area is 214 Å². The maximum atomic E-state index is 13.2. The Morgan fingerprint density at radius 2 is 1.53 bits per heavy atom. The largest absolute Gasteiger partial charge is 0.508 e. The molecule has 0 heterocycles. The summed E-state index contributed by atoms with van der Waals surface area (Å²) >= 11 is 1.36. The number of benzene rings is 3. The molecule has 0 saturated heterocycles. The minimum absolute atomic E-state index is 0.0119. The molecule has 0 aliphatic heterocycles. The lowest BCUT2D eigenvalue weighted by Gasteiger charge is -2.21. The van der Waals surface area contributed by atoms with Gasteiger partial charge in [0.1, 0.15) is 17.8 Å². The van der Waals surface area contributed by atoms with Crippen molar-refractivity contribution in [2.45, 2.75) is 36.1 Å². The molecule has 8 nitrogen and oxygen atoms in total. The predicted octanol–water partition coefficient (Wildman–Crippen LogP) is 3.09. The number of carbonyl (C=O) groups is 2. The molecule has 0 aromatic heterocycles. The van der Waals surface area contributed by atoms with Crippen molar-refractivity contribution in [1.82, 2.24) is 10.0 Å². The molecule has 3 aromatic carbocycles. The fraction of sp³-hybridized carbons (Fsp3) is 0.231. The Bertz CT molecular complexity index is 1260. The van der Waals surface area contributed by atoms with E-state index in [0.29, 0.717) is 11.3 Å². The summed E-state index contributed by atoms with van der Waals surface area (Å²) in [7, 11) is -4.04. The molecule has 0 aliphatic carbocycles. The maximum Gasteiger partial charge on any atom is 0.326 e. The number of phenolic OH excluding ortho intramolecular Hbond substituents is 1. The Balaban J connectivity index is 1.76. The van der Waals surface area contributed by atoms with Gasteiger partial charge in [0, 0.05) is 17.9 Å². The summed E-state index contributed by atoms with van der Waals surface area (Å²) in [6, 6.07) is 19.2. The molecule has 3 aromatic rings. The topological polar surface area (TPSA) is 133 Å². The summed E-state index contributed by atoms with van der Waals surface area (Å²) in [6.07, 6.45) is -0.0318. The number of carboxylic acid groups (broad SMARTS) is 1. The molecule has 0 saturated carbocycles. The predicted molar refractivity (Wildman–Crippen MR) is 139 cm³/mol. The number of sulfonamides is 1. The third-order valence-corrected chi connectivity index (χ3v) is 7.93. The third-order valence-electron chi connectivity index (χ3n) is 5.33. The van der Waals surface area contributed by atoms with Gasteiger partial charge >= 0.3 is 5.97 Å². The number of hydrogen-bond donors (Lipinski definition) is 4. The Kier molecular flexibility index (Phi) is 9.51. The van der Waals surface area contributed by atoms with Gasteiger partial charge in [0.05, 0.1) is 4.90 Å². The average Bonchev–Trinajstić information content (AvgIpc) is 2.85. The molecule has 0 aliphatic rings. The van der Waals surface area contributed by atoms with Crippen molar-refractivity contribution in [1.29, 1.82) is 0 Å². The molecule has 190 valence electrons. The van der Waals surface area contributed by atoms with Crippen molar-refractivity contribution in [2.24, 2.45) is 0 Å². The first-order valence-electron chi connectivity index (χ1n) is 11.2. The molecule has 3 rings (SSSR count). The second-order valence-electron chi connectivity index (χ2n) is 8.26. The quantitative estimate of drug-likeness (QED) is 0.284. The normalized spacial score (nSPS) is 13.0. The van der Waals surface area contributed by atoms with E-state index in [4.69, 9.17) is 0 Å². The molecule has 0 fully saturated rings. The van der Waals surface area contributed by atoms with Crippen LogP contribution in [0.15, 0.2) is 83.8 Å². The van der Waals surface area contributed by atoms with E-state index >= 15 is 0 Å². The van der Waals surface area contributed by atoms with Crippen LogP contribution in [0.3, 0.4) is 0 Å². The van der Waals surface area contributed by atoms with Gasteiger partial charge in [-0.3, -0.25) is 4.79 Å². The van der Waals surface area contributed by atoms with Gasteiger partial charge in [0.15, 0.2) is 0 Å². The van der Waals surface area contributed by atoms with E-state index in [9.17, 15) is 28.2 Å². The van der Waals surface area contributed by atoms with Gasteiger partial charge in [-0.05, 0) is 42.3 Å². The van der Waals surface area contributed by atoms with E-state index in [1.165, 1.54) is 36.0 Å². The van der Waals surface area contributed by atoms with Crippen molar-refractivity contribution < 1.29 is 28.2 Å². The van der Waals surface area contributed by atoms with E-state index < -0.39 is 34.0 Å². The number of aliphatic carboxylic acids is 1. The van der Waals surface area contributed by atoms with Crippen molar-refractivity contribution in [2.75, 3.05) is 5.75 Å². The summed E-state index contributed by atoms with van der Waals surface area (Å²) in [5.74, 6) is -1.31. The highest BCUT2D eigenvalue weighted by Gasteiger charge is 2.29. The zero-order valence-electron chi connectivity index (χ0n) is 19.6. The highest BCUT2D eigenvalue weighted by Crippen LogP contribution is 2.17. The molecule has 10 heteroatoms. The molecule has 36 heavy (non-hydrogen) atoms. The summed E-state index contributed by atoms with van der Waals surface area (Å²) in [5, 5.41) is 21.6. The zero-order chi connectivity index (χ0) is 26.1. The lowest BCUT2D eigenvalue weighted by atomic mass is 10.1. The first-order chi connectivity index (χ1) is 17.1. The van der Waals surface area contributed by atoms with E-state index in [-0.39, 0.29) is 22.8 Å². The summed E-state index contributed by atoms with van der Waals surface area (Å²) in [4.78, 5) is 25.0. The van der Waals surface area contributed by atoms with Crippen LogP contribution in [0.2, 0.25) is 0 Å². The molecule has 0 bridgehead atoms. The molecule has 1 amide bonds. The van der Waals surface area contributed by atoms with E-state index in [2.05, 4.69) is 10.0 Å². The zero-order valence-corrected chi connectivity index (χ0v) is 21.3. The highest BCUT2D eigenvalue weighted by molar-refractivity contribution is 7.98. The second kappa shape index (κ2) is 12.6. The molecule has 0 spiro atoms. The molecular formula is C26H28N2O6S2. The lowest BCUT2D eigenvalue weighted by molar-refractivity contribution is -0.141. The van der Waals surface area contributed by atoms with Gasteiger partial charge in [-0.15, -0.1) is 0 Å². The molecule has 0 unspecified atom stereocenters. The highest BCUT2D eigenvalue weighted by atomic mass is 32.2. The number of aryl methyl sites for hydroxylation is 1. The number of aromatic hydroxyl groups is 1. The van der Waals surface area contributed by atoms with Gasteiger partial charge in [-0.25, -0.2) is 13.2 Å². The minimum Gasteiger partial charge on any atom is -0.508 e. The second-order valence-corrected chi connectivity index (χ2v) is 11.0. The molecule has 2 atom stereocenters. The van der Waals surface area contributed by atoms with Gasteiger partial charge < -0.3 is 15.5 Å². The lowest BCUT2D eigenvalue weighted by Crippen LogP contribution is -2.53. The Morgan fingerprint density at radius 3 is 2.14 bits per heavy atom. The number of nitrogens with one attached hydrogen (secondary N) is 2. The molecular weight excluding hydrogens is 500 g/mol. The van der Waals surface area contributed by atoms with Gasteiger partial charge in [0.2, 0.25) is 15.9 Å². The van der Waals surface area contributed by atoms with Crippen LogP contribution in [0.4, 0.5) is 0 Å². The van der Waals surface area contributed by atoms with E-state index in [1.54, 1.807) is 24.3 Å². The smallest absolute Gasteiger partial charge is 0.326 e. The van der Waals surface area contributed by atoms with Crippen LogP contribution < -0.4 is 10.0 Å². The fourth-order valence-corrected chi connectivity index (χ4v) is 5.66. The van der Waals surface area contributed by atoms with E-state index in [0.717, 1.165) is 11.1 Å². The monoisotopic (exact) mass is 528 g/mol. The van der Waals surface area contributed by atoms with Crippen molar-refractivity contribution >= 4 is 33.7 Å². The number of amides is 1. The van der Waals surface area contributed by atoms with Crippen molar-refractivity contribution in [3.63, 3.8) is 0 Å². The van der Waals surface area contributed by atoms with Crippen LogP contribution in [0, 0.1) is 6.92 Å². The van der Waals surface area contributed by atoms with Gasteiger partial charge in [-0.2, -0.15) is 16.5 Å². The van der Waals surface area contributed by atoms with Crippen molar-refractivity contribution in [3.05, 3.63) is 95.6 Å². The summed E-state index contributed by atoms with van der Waals surface area (Å²) < 4.78 is 28.4. The molecule has 0 radical (unpaired) electrons. The average molecular weight is 529 g/mol. The van der Waals surface area contributed by atoms with Gasteiger partial charge in [0.25, 0.3) is 0 Å². The third kappa shape index (κ3) is 8.11. The van der Waals surface area contributed by atoms with Gasteiger partial charge in [-0.1, -0.05) is 60.2 Å². The number of carbonyl (C=O) groups excluding carboxylic acids is 1. The fourth-order valence-electron chi connectivity index (χ4n) is 3.34. The molecule has 4 N–H and O–H groups in total. The van der Waals surface area contributed by atoms with Crippen LogP contribution in [-0.2, 0) is 31.8 Å². The Morgan fingerprint density at radius 1 is 0.889 bits per heavy atom. The number of phenols is 1. The summed E-state index contributed by atoms with van der Waals surface area (Å²) in [5.41, 5.74) is 2.50. The number of hydrogen-bond acceptors (Lipinski definition) is 6. The number of rotatable bonds is 12. The van der Waals surface area contributed by atoms with Crippen LogP contribution in [0.5, 0.6) is 5.75 Å².